The van der Waals surface area contributed by atoms with E-state index in [4.69, 9.17) is 11.6 Å². The number of sulfonamides is 1. The Labute approximate surface area is 282 Å². The molecule has 0 aliphatic carbocycles. The van der Waals surface area contributed by atoms with E-state index < -0.39 is 34.1 Å². The molecule has 4 aromatic rings. The van der Waals surface area contributed by atoms with Crippen LogP contribution in [0.1, 0.15) is 37.5 Å². The van der Waals surface area contributed by atoms with Gasteiger partial charge < -0.3 is 10.2 Å². The van der Waals surface area contributed by atoms with Gasteiger partial charge in [-0.2, -0.15) is 0 Å². The maximum absolute atomic E-state index is 14.6. The summed E-state index contributed by atoms with van der Waals surface area (Å²) in [5.41, 5.74) is 2.33. The standard InChI is InChI=1S/C36H40ClN3O4S2/c1-26-11-17-30(18-12-26)40(46(43,44)32-21-19-31(45-5)20-22-32)25-34(41)39(24-28-13-15-29(37)16-14-28)33(35(42)38-36(2,3)4)23-27-9-7-6-8-10-27/h6-22,33H,23-25H2,1-5H3,(H,38,42)/t33-/m0/s1. The minimum Gasteiger partial charge on any atom is -0.350 e. The molecule has 0 bridgehead atoms. The van der Waals surface area contributed by atoms with Crippen molar-refractivity contribution in [1.82, 2.24) is 10.2 Å². The molecule has 7 nitrogen and oxygen atoms in total. The van der Waals surface area contributed by atoms with Crippen molar-refractivity contribution in [2.75, 3.05) is 17.1 Å². The smallest absolute Gasteiger partial charge is 0.264 e. The fraction of sp³-hybridized carbons (Fsp3) is 0.278. The molecule has 1 N–H and O–H groups in total. The van der Waals surface area contributed by atoms with Crippen molar-refractivity contribution in [3.8, 4) is 0 Å². The van der Waals surface area contributed by atoms with Gasteiger partial charge in [0.25, 0.3) is 10.0 Å². The summed E-state index contributed by atoms with van der Waals surface area (Å²) in [6, 6.07) is 29.1. The number of rotatable bonds is 12. The summed E-state index contributed by atoms with van der Waals surface area (Å²) in [7, 11) is -4.17. The zero-order valence-electron chi connectivity index (χ0n) is 26.7. The van der Waals surface area contributed by atoms with E-state index in [1.807, 2.05) is 64.3 Å². The van der Waals surface area contributed by atoms with Crippen molar-refractivity contribution in [2.45, 2.75) is 62.0 Å². The van der Waals surface area contributed by atoms with Gasteiger partial charge in [0.15, 0.2) is 0 Å². The quantitative estimate of drug-likeness (QED) is 0.161. The third-order valence-electron chi connectivity index (χ3n) is 7.28. The highest BCUT2D eigenvalue weighted by molar-refractivity contribution is 7.98. The van der Waals surface area contributed by atoms with Crippen molar-refractivity contribution < 1.29 is 18.0 Å². The van der Waals surface area contributed by atoms with Crippen LogP contribution >= 0.6 is 23.4 Å². The summed E-state index contributed by atoms with van der Waals surface area (Å²) in [6.07, 6.45) is 2.15. The van der Waals surface area contributed by atoms with Crippen LogP contribution in [0, 0.1) is 6.92 Å². The highest BCUT2D eigenvalue weighted by Crippen LogP contribution is 2.27. The molecule has 4 rings (SSSR count). The van der Waals surface area contributed by atoms with E-state index in [1.54, 1.807) is 72.8 Å². The highest BCUT2D eigenvalue weighted by atomic mass is 35.5. The molecular formula is C36H40ClN3O4S2. The van der Waals surface area contributed by atoms with Crippen LogP contribution in [0.25, 0.3) is 0 Å². The summed E-state index contributed by atoms with van der Waals surface area (Å²) >= 11 is 7.67. The van der Waals surface area contributed by atoms with Gasteiger partial charge in [0.1, 0.15) is 12.6 Å². The number of amides is 2. The maximum atomic E-state index is 14.6. The Kier molecular flexibility index (Phi) is 11.6. The number of benzene rings is 4. The predicted octanol–water partition coefficient (Wildman–Crippen LogP) is 7.12. The SMILES string of the molecule is CSc1ccc(S(=O)(=O)N(CC(=O)N(Cc2ccc(Cl)cc2)[C@@H](Cc2ccccc2)C(=O)NC(C)(C)C)c2ccc(C)cc2)cc1. The zero-order valence-corrected chi connectivity index (χ0v) is 29.1. The van der Waals surface area contributed by atoms with Crippen LogP contribution < -0.4 is 9.62 Å². The molecule has 0 aliphatic heterocycles. The second kappa shape index (κ2) is 15.2. The highest BCUT2D eigenvalue weighted by Gasteiger charge is 2.35. The minimum atomic E-state index is -4.17. The maximum Gasteiger partial charge on any atom is 0.264 e. The van der Waals surface area contributed by atoms with Crippen molar-refractivity contribution >= 4 is 50.9 Å². The van der Waals surface area contributed by atoms with Crippen molar-refractivity contribution in [1.29, 1.82) is 0 Å². The van der Waals surface area contributed by atoms with Gasteiger partial charge in [-0.1, -0.05) is 71.8 Å². The van der Waals surface area contributed by atoms with Crippen LogP contribution in [-0.4, -0.2) is 49.5 Å². The molecule has 1 atom stereocenters. The molecule has 2 amide bonds. The van der Waals surface area contributed by atoms with Gasteiger partial charge in [-0.3, -0.25) is 13.9 Å². The van der Waals surface area contributed by atoms with Gasteiger partial charge in [-0.05, 0) is 93.6 Å². The number of halogens is 1. The Balaban J connectivity index is 1.81. The van der Waals surface area contributed by atoms with Gasteiger partial charge in [0.05, 0.1) is 10.6 Å². The summed E-state index contributed by atoms with van der Waals surface area (Å²) < 4.78 is 29.5. The molecule has 0 fully saturated rings. The Morgan fingerprint density at radius 1 is 0.848 bits per heavy atom. The van der Waals surface area contributed by atoms with E-state index in [-0.39, 0.29) is 23.8 Å². The lowest BCUT2D eigenvalue weighted by molar-refractivity contribution is -0.140. The van der Waals surface area contributed by atoms with Crippen LogP contribution in [0.15, 0.2) is 113 Å². The molecule has 0 spiro atoms. The second-order valence-corrected chi connectivity index (χ2v) is 15.3. The fourth-order valence-electron chi connectivity index (χ4n) is 4.91. The van der Waals surface area contributed by atoms with Crippen LogP contribution in [-0.2, 0) is 32.6 Å². The van der Waals surface area contributed by atoms with Gasteiger partial charge in [0, 0.05) is 28.4 Å². The van der Waals surface area contributed by atoms with Crippen molar-refractivity contribution in [2.24, 2.45) is 0 Å². The predicted molar refractivity (Wildman–Crippen MR) is 188 cm³/mol. The molecule has 0 radical (unpaired) electrons. The summed E-state index contributed by atoms with van der Waals surface area (Å²) in [4.78, 5) is 31.0. The number of anilines is 1. The molecule has 242 valence electrons. The van der Waals surface area contributed by atoms with Crippen molar-refractivity contribution in [3.05, 3.63) is 125 Å². The molecule has 0 saturated heterocycles. The number of hydrogen-bond acceptors (Lipinski definition) is 5. The van der Waals surface area contributed by atoms with Crippen LogP contribution in [0.2, 0.25) is 5.02 Å². The van der Waals surface area contributed by atoms with E-state index in [9.17, 15) is 18.0 Å². The molecule has 4 aromatic carbocycles. The number of nitrogens with one attached hydrogen (secondary N) is 1. The summed E-state index contributed by atoms with van der Waals surface area (Å²) in [5.74, 6) is -0.860. The first-order valence-corrected chi connectivity index (χ1v) is 17.9. The first-order chi connectivity index (χ1) is 21.8. The van der Waals surface area contributed by atoms with E-state index in [2.05, 4.69) is 5.32 Å². The average molecular weight is 678 g/mol. The van der Waals surface area contributed by atoms with E-state index in [0.29, 0.717) is 10.7 Å². The third-order valence-corrected chi connectivity index (χ3v) is 10.1. The summed E-state index contributed by atoms with van der Waals surface area (Å²) in [6.45, 7) is 7.09. The Morgan fingerprint density at radius 3 is 2.02 bits per heavy atom. The molecule has 0 saturated carbocycles. The first kappa shape index (κ1) is 35.1. The Bertz CT molecular complexity index is 1720. The topological polar surface area (TPSA) is 86.8 Å². The lowest BCUT2D eigenvalue weighted by Crippen LogP contribution is -2.56. The van der Waals surface area contributed by atoms with Crippen LogP contribution in [0.4, 0.5) is 5.69 Å². The largest absolute Gasteiger partial charge is 0.350 e. The molecular weight excluding hydrogens is 638 g/mol. The van der Waals surface area contributed by atoms with Gasteiger partial charge in [-0.25, -0.2) is 8.42 Å². The van der Waals surface area contributed by atoms with E-state index in [1.165, 1.54) is 16.7 Å². The molecule has 0 aliphatic rings. The van der Waals surface area contributed by atoms with E-state index in [0.717, 1.165) is 25.9 Å². The van der Waals surface area contributed by atoms with Crippen LogP contribution in [0.5, 0.6) is 0 Å². The average Bonchev–Trinajstić information content (AvgIpc) is 3.02. The molecule has 10 heteroatoms. The number of carbonyl (C=O) groups excluding carboxylic acids is 2. The number of hydrogen-bond donors (Lipinski definition) is 1. The molecule has 0 aromatic heterocycles. The first-order valence-electron chi connectivity index (χ1n) is 14.9. The fourth-order valence-corrected chi connectivity index (χ4v) is 6.86. The second-order valence-electron chi connectivity index (χ2n) is 12.1. The summed E-state index contributed by atoms with van der Waals surface area (Å²) in [5, 5.41) is 3.58. The number of thioether (sulfide) groups is 1. The Hall–Kier alpha value is -3.79. The van der Waals surface area contributed by atoms with Gasteiger partial charge >= 0.3 is 0 Å². The normalized spacial score (nSPS) is 12.3. The van der Waals surface area contributed by atoms with Gasteiger partial charge in [-0.15, -0.1) is 11.8 Å². The van der Waals surface area contributed by atoms with E-state index >= 15 is 0 Å². The number of nitrogens with zero attached hydrogens (tertiary/aromatic N) is 2. The lowest BCUT2D eigenvalue weighted by atomic mass is 10.0. The molecule has 0 heterocycles. The monoisotopic (exact) mass is 677 g/mol. The lowest BCUT2D eigenvalue weighted by Gasteiger charge is -2.35. The molecule has 46 heavy (non-hydrogen) atoms. The minimum absolute atomic E-state index is 0.0641. The van der Waals surface area contributed by atoms with Crippen LogP contribution in [0.3, 0.4) is 0 Å². The van der Waals surface area contributed by atoms with Gasteiger partial charge in [0.2, 0.25) is 11.8 Å². The Morgan fingerprint density at radius 2 is 1.46 bits per heavy atom. The van der Waals surface area contributed by atoms with Crippen molar-refractivity contribution in [3.63, 3.8) is 0 Å². The molecule has 0 unspecified atom stereocenters. The number of carbonyl (C=O) groups is 2. The number of aryl methyl sites for hydroxylation is 1. The zero-order chi connectivity index (χ0) is 33.5. The third kappa shape index (κ3) is 9.37.